The van der Waals surface area contributed by atoms with Crippen LogP contribution in [0.25, 0.3) is 0 Å². The van der Waals surface area contributed by atoms with E-state index in [0.29, 0.717) is 12.1 Å². The molecule has 2 unspecified atom stereocenters. The highest BCUT2D eigenvalue weighted by atomic mass is 16.5. The zero-order valence-electron chi connectivity index (χ0n) is 13.7. The van der Waals surface area contributed by atoms with Crippen molar-refractivity contribution in [3.63, 3.8) is 0 Å². The average molecular weight is 305 g/mol. The summed E-state index contributed by atoms with van der Waals surface area (Å²) in [7, 11) is 3.46. The Morgan fingerprint density at radius 3 is 2.77 bits per heavy atom. The predicted octanol–water partition coefficient (Wildman–Crippen LogP) is 3.41. The Bertz CT molecular complexity index is 485. The summed E-state index contributed by atoms with van der Waals surface area (Å²) in [6.45, 7) is 3.10. The Morgan fingerprint density at radius 1 is 1.14 bits per heavy atom. The molecule has 4 nitrogen and oxygen atoms in total. The van der Waals surface area contributed by atoms with Crippen LogP contribution in [0.3, 0.4) is 0 Å². The van der Waals surface area contributed by atoms with Crippen LogP contribution in [0.1, 0.15) is 43.7 Å². The highest BCUT2D eigenvalue weighted by molar-refractivity contribution is 5.42. The van der Waals surface area contributed by atoms with E-state index in [9.17, 15) is 0 Å². The van der Waals surface area contributed by atoms with Crippen LogP contribution in [0, 0.1) is 0 Å². The standard InChI is InChI=1S/C18H27NO3/c1-20-14-8-9-18(21-2)16(12-14)17-7-5-10-19(17)13-15-6-3-4-11-22-15/h8-9,12,15,17H,3-7,10-11,13H2,1-2H3. The largest absolute Gasteiger partial charge is 0.497 e. The van der Waals surface area contributed by atoms with Crippen LogP contribution < -0.4 is 9.47 Å². The van der Waals surface area contributed by atoms with Gasteiger partial charge in [0.05, 0.1) is 20.3 Å². The third-order valence-electron chi connectivity index (χ3n) is 4.87. The van der Waals surface area contributed by atoms with Gasteiger partial charge in [0, 0.05) is 24.8 Å². The molecule has 2 aliphatic rings. The molecule has 2 fully saturated rings. The SMILES string of the molecule is COc1ccc(OC)c(C2CCCN2CC2CCCCO2)c1. The minimum Gasteiger partial charge on any atom is -0.497 e. The van der Waals surface area contributed by atoms with Gasteiger partial charge in [-0.3, -0.25) is 4.90 Å². The van der Waals surface area contributed by atoms with E-state index in [4.69, 9.17) is 14.2 Å². The van der Waals surface area contributed by atoms with Gasteiger partial charge in [0.25, 0.3) is 0 Å². The molecule has 2 saturated heterocycles. The Morgan fingerprint density at radius 2 is 2.05 bits per heavy atom. The third-order valence-corrected chi connectivity index (χ3v) is 4.87. The molecular weight excluding hydrogens is 278 g/mol. The maximum Gasteiger partial charge on any atom is 0.123 e. The van der Waals surface area contributed by atoms with Crippen LogP contribution in [-0.2, 0) is 4.74 Å². The minimum atomic E-state index is 0.394. The highest BCUT2D eigenvalue weighted by Gasteiger charge is 2.31. The third kappa shape index (κ3) is 3.39. The smallest absolute Gasteiger partial charge is 0.123 e. The Labute approximate surface area is 133 Å². The summed E-state index contributed by atoms with van der Waals surface area (Å²) in [5.41, 5.74) is 1.25. The number of likely N-dealkylation sites (tertiary alicyclic amines) is 1. The number of ether oxygens (including phenoxy) is 3. The van der Waals surface area contributed by atoms with Crippen LogP contribution in [0.5, 0.6) is 11.5 Å². The molecular formula is C18H27NO3. The molecule has 0 amide bonds. The Hall–Kier alpha value is -1.26. The Kier molecular flexibility index (Phi) is 5.21. The first-order valence-corrected chi connectivity index (χ1v) is 8.39. The van der Waals surface area contributed by atoms with E-state index in [1.54, 1.807) is 14.2 Å². The van der Waals surface area contributed by atoms with Crippen molar-refractivity contribution in [2.75, 3.05) is 33.9 Å². The van der Waals surface area contributed by atoms with Crippen molar-refractivity contribution >= 4 is 0 Å². The van der Waals surface area contributed by atoms with Gasteiger partial charge >= 0.3 is 0 Å². The first-order valence-electron chi connectivity index (χ1n) is 8.39. The number of hydrogen-bond acceptors (Lipinski definition) is 4. The summed E-state index contributed by atoms with van der Waals surface area (Å²) in [6.07, 6.45) is 6.51. The lowest BCUT2D eigenvalue weighted by molar-refractivity contribution is -0.00819. The average Bonchev–Trinajstić information content (AvgIpc) is 3.03. The molecule has 1 aromatic rings. The van der Waals surface area contributed by atoms with E-state index in [1.165, 1.54) is 37.7 Å². The molecule has 0 saturated carbocycles. The summed E-state index contributed by atoms with van der Waals surface area (Å²) in [5.74, 6) is 1.86. The van der Waals surface area contributed by atoms with E-state index < -0.39 is 0 Å². The molecule has 0 aromatic heterocycles. The molecule has 2 aliphatic heterocycles. The molecule has 0 radical (unpaired) electrons. The fourth-order valence-corrected chi connectivity index (χ4v) is 3.71. The van der Waals surface area contributed by atoms with Gasteiger partial charge in [-0.25, -0.2) is 0 Å². The second kappa shape index (κ2) is 7.34. The predicted molar refractivity (Wildman–Crippen MR) is 86.7 cm³/mol. The fraction of sp³-hybridized carbons (Fsp3) is 0.667. The van der Waals surface area contributed by atoms with E-state index in [1.807, 2.05) is 12.1 Å². The first kappa shape index (κ1) is 15.6. The van der Waals surface area contributed by atoms with Gasteiger partial charge in [0.15, 0.2) is 0 Å². The number of benzene rings is 1. The van der Waals surface area contributed by atoms with E-state index in [0.717, 1.165) is 31.2 Å². The second-order valence-corrected chi connectivity index (χ2v) is 6.25. The summed E-state index contributed by atoms with van der Waals surface area (Å²) in [5, 5.41) is 0. The molecule has 0 aliphatic carbocycles. The number of rotatable bonds is 5. The van der Waals surface area contributed by atoms with Crippen LogP contribution in [0.15, 0.2) is 18.2 Å². The fourth-order valence-electron chi connectivity index (χ4n) is 3.71. The maximum absolute atomic E-state index is 5.93. The molecule has 1 aromatic carbocycles. The van der Waals surface area contributed by atoms with Crippen LogP contribution in [0.4, 0.5) is 0 Å². The summed E-state index contributed by atoms with van der Waals surface area (Å²) < 4.78 is 16.9. The molecule has 0 spiro atoms. The lowest BCUT2D eigenvalue weighted by Crippen LogP contribution is -2.35. The Balaban J connectivity index is 1.76. The molecule has 2 heterocycles. The lowest BCUT2D eigenvalue weighted by atomic mass is 10.0. The van der Waals surface area contributed by atoms with Gasteiger partial charge in [0.2, 0.25) is 0 Å². The van der Waals surface area contributed by atoms with Crippen LogP contribution in [0.2, 0.25) is 0 Å². The van der Waals surface area contributed by atoms with Gasteiger partial charge < -0.3 is 14.2 Å². The van der Waals surface area contributed by atoms with Crippen LogP contribution in [-0.4, -0.2) is 44.9 Å². The number of hydrogen-bond donors (Lipinski definition) is 0. The van der Waals surface area contributed by atoms with Crippen LogP contribution >= 0.6 is 0 Å². The topological polar surface area (TPSA) is 30.9 Å². The monoisotopic (exact) mass is 305 g/mol. The summed E-state index contributed by atoms with van der Waals surface area (Å²) in [4.78, 5) is 2.56. The normalized spacial score (nSPS) is 26.1. The molecule has 0 bridgehead atoms. The number of nitrogens with zero attached hydrogens (tertiary/aromatic N) is 1. The van der Waals surface area contributed by atoms with Crippen molar-refractivity contribution in [2.45, 2.75) is 44.2 Å². The van der Waals surface area contributed by atoms with Gasteiger partial charge in [-0.05, 0) is 56.8 Å². The van der Waals surface area contributed by atoms with Crippen molar-refractivity contribution in [2.24, 2.45) is 0 Å². The number of methoxy groups -OCH3 is 2. The molecule has 122 valence electrons. The minimum absolute atomic E-state index is 0.394. The summed E-state index contributed by atoms with van der Waals surface area (Å²) >= 11 is 0. The van der Waals surface area contributed by atoms with E-state index in [2.05, 4.69) is 11.0 Å². The van der Waals surface area contributed by atoms with Gasteiger partial charge in [0.1, 0.15) is 11.5 Å². The lowest BCUT2D eigenvalue weighted by Gasteiger charge is -2.31. The van der Waals surface area contributed by atoms with Gasteiger partial charge in [-0.2, -0.15) is 0 Å². The van der Waals surface area contributed by atoms with Gasteiger partial charge in [-0.15, -0.1) is 0 Å². The highest BCUT2D eigenvalue weighted by Crippen LogP contribution is 2.39. The molecule has 2 atom stereocenters. The second-order valence-electron chi connectivity index (χ2n) is 6.25. The zero-order chi connectivity index (χ0) is 15.4. The van der Waals surface area contributed by atoms with Crippen molar-refractivity contribution in [1.82, 2.24) is 4.90 Å². The van der Waals surface area contributed by atoms with Crippen molar-refractivity contribution in [1.29, 1.82) is 0 Å². The first-order chi connectivity index (χ1) is 10.8. The summed E-state index contributed by atoms with van der Waals surface area (Å²) in [6, 6.07) is 6.52. The maximum atomic E-state index is 5.93. The molecule has 3 rings (SSSR count). The quantitative estimate of drug-likeness (QED) is 0.834. The zero-order valence-corrected chi connectivity index (χ0v) is 13.7. The van der Waals surface area contributed by atoms with Crippen molar-refractivity contribution < 1.29 is 14.2 Å². The van der Waals surface area contributed by atoms with E-state index in [-0.39, 0.29) is 0 Å². The van der Waals surface area contributed by atoms with Crippen molar-refractivity contribution in [3.8, 4) is 11.5 Å². The molecule has 4 heteroatoms. The molecule has 22 heavy (non-hydrogen) atoms. The molecule has 0 N–H and O–H groups in total. The van der Waals surface area contributed by atoms with Crippen molar-refractivity contribution in [3.05, 3.63) is 23.8 Å². The van der Waals surface area contributed by atoms with Gasteiger partial charge in [-0.1, -0.05) is 0 Å². The van der Waals surface area contributed by atoms with E-state index >= 15 is 0 Å².